The van der Waals surface area contributed by atoms with Crippen LogP contribution in [0.4, 0.5) is 0 Å². The van der Waals surface area contributed by atoms with Gasteiger partial charge in [-0.05, 0) is 89.6 Å². The van der Waals surface area contributed by atoms with Gasteiger partial charge in [-0.1, -0.05) is 97.4 Å². The lowest BCUT2D eigenvalue weighted by Crippen LogP contribution is -2.64. The quantitative estimate of drug-likeness (QED) is 0.0573. The van der Waals surface area contributed by atoms with Crippen LogP contribution in [0.3, 0.4) is 0 Å². The van der Waals surface area contributed by atoms with Gasteiger partial charge in [0.15, 0.2) is 0 Å². The van der Waals surface area contributed by atoms with Crippen molar-refractivity contribution in [1.82, 2.24) is 26.6 Å². The van der Waals surface area contributed by atoms with Crippen LogP contribution in [-0.4, -0.2) is 84.0 Å². The third kappa shape index (κ3) is 11.1. The van der Waals surface area contributed by atoms with Crippen molar-refractivity contribution in [3.8, 4) is 0 Å². The van der Waals surface area contributed by atoms with E-state index in [2.05, 4.69) is 26.6 Å². The number of rotatable bonds is 19. The van der Waals surface area contributed by atoms with Crippen molar-refractivity contribution in [2.75, 3.05) is 19.6 Å². The Morgan fingerprint density at radius 3 is 1.98 bits per heavy atom. The Labute approximate surface area is 347 Å². The van der Waals surface area contributed by atoms with Crippen molar-refractivity contribution in [3.63, 3.8) is 0 Å². The zero-order valence-corrected chi connectivity index (χ0v) is 33.8. The van der Waals surface area contributed by atoms with E-state index < -0.39 is 59.3 Å². The SMILES string of the molecule is NCCCC[C@H](N)C(=O)N[C@@H](Cc1ccccc1)C(=O)N[C@H](Cc1cccc2ccccc12)C(=O)N[C@H](Cc1csc2ccccc12)C(=O)NC1(C(=O)O)CCNCC1. The van der Waals surface area contributed by atoms with Crippen LogP contribution in [-0.2, 0) is 43.2 Å². The molecule has 6 rings (SSSR count). The molecule has 0 spiro atoms. The summed E-state index contributed by atoms with van der Waals surface area (Å²) in [6, 6.07) is 26.0. The molecule has 1 fully saturated rings. The first-order valence-electron chi connectivity index (χ1n) is 20.2. The molecule has 14 heteroatoms. The number of carboxylic acids is 1. The summed E-state index contributed by atoms with van der Waals surface area (Å²) in [5, 5.41) is 29.6. The van der Waals surface area contributed by atoms with Crippen molar-refractivity contribution >= 4 is 61.8 Å². The van der Waals surface area contributed by atoms with Gasteiger partial charge >= 0.3 is 5.97 Å². The van der Waals surface area contributed by atoms with Gasteiger partial charge in [0, 0.05) is 24.0 Å². The maximum Gasteiger partial charge on any atom is 0.329 e. The van der Waals surface area contributed by atoms with Gasteiger partial charge in [-0.15, -0.1) is 11.3 Å². The maximum absolute atomic E-state index is 14.7. The van der Waals surface area contributed by atoms with Gasteiger partial charge in [0.25, 0.3) is 0 Å². The molecule has 1 aliphatic heterocycles. The van der Waals surface area contributed by atoms with Crippen LogP contribution in [0, 0.1) is 0 Å². The zero-order chi connectivity index (χ0) is 41.8. The summed E-state index contributed by atoms with van der Waals surface area (Å²) in [6.45, 7) is 1.27. The second-order valence-electron chi connectivity index (χ2n) is 15.2. The van der Waals surface area contributed by atoms with Crippen LogP contribution in [0.1, 0.15) is 48.8 Å². The Balaban J connectivity index is 1.32. The van der Waals surface area contributed by atoms with Gasteiger partial charge in [0.2, 0.25) is 23.6 Å². The molecule has 5 aromatic rings. The molecular formula is C45H53N7O6S. The molecule has 13 nitrogen and oxygen atoms in total. The van der Waals surface area contributed by atoms with E-state index in [1.807, 2.05) is 102 Å². The molecule has 0 saturated carbocycles. The summed E-state index contributed by atoms with van der Waals surface area (Å²) >= 11 is 1.51. The topological polar surface area (TPSA) is 218 Å². The van der Waals surface area contributed by atoms with Crippen molar-refractivity contribution < 1.29 is 29.1 Å². The number of thiophene rings is 1. The highest BCUT2D eigenvalue weighted by atomic mass is 32.1. The molecule has 4 atom stereocenters. The number of amides is 4. The molecule has 10 N–H and O–H groups in total. The van der Waals surface area contributed by atoms with E-state index in [4.69, 9.17) is 11.5 Å². The second kappa shape index (κ2) is 20.3. The van der Waals surface area contributed by atoms with Crippen LogP contribution in [0.5, 0.6) is 0 Å². The Morgan fingerprint density at radius 1 is 0.678 bits per heavy atom. The Morgan fingerprint density at radius 2 is 1.27 bits per heavy atom. The maximum atomic E-state index is 14.7. The fourth-order valence-corrected chi connectivity index (χ4v) is 8.59. The third-order valence-corrected chi connectivity index (χ3v) is 12.0. The highest BCUT2D eigenvalue weighted by Gasteiger charge is 2.43. The summed E-state index contributed by atoms with van der Waals surface area (Å²) in [5.41, 5.74) is 12.7. The number of hydrogen-bond donors (Lipinski definition) is 8. The zero-order valence-electron chi connectivity index (χ0n) is 33.0. The van der Waals surface area contributed by atoms with Crippen molar-refractivity contribution in [2.45, 2.75) is 81.1 Å². The summed E-state index contributed by atoms with van der Waals surface area (Å²) in [6.07, 6.45) is 2.31. The van der Waals surface area contributed by atoms with Crippen LogP contribution >= 0.6 is 11.3 Å². The number of unbranched alkanes of at least 4 members (excludes halogenated alkanes) is 1. The lowest BCUT2D eigenvalue weighted by molar-refractivity contribution is -0.149. The number of carbonyl (C=O) groups is 5. The highest BCUT2D eigenvalue weighted by Crippen LogP contribution is 2.28. The summed E-state index contributed by atoms with van der Waals surface area (Å²) in [5.74, 6) is -3.56. The summed E-state index contributed by atoms with van der Waals surface area (Å²) in [4.78, 5) is 69.5. The molecule has 1 aromatic heterocycles. The molecule has 2 heterocycles. The number of carboxylic acid groups (broad SMARTS) is 1. The minimum absolute atomic E-state index is 0.0456. The van der Waals surface area contributed by atoms with E-state index in [1.54, 1.807) is 0 Å². The number of benzene rings is 4. The molecule has 4 aromatic carbocycles. The van der Waals surface area contributed by atoms with E-state index in [1.165, 1.54) is 11.3 Å². The third-order valence-electron chi connectivity index (χ3n) is 11.0. The minimum atomic E-state index is -1.52. The van der Waals surface area contributed by atoms with E-state index >= 15 is 0 Å². The van der Waals surface area contributed by atoms with Gasteiger partial charge in [-0.2, -0.15) is 0 Å². The van der Waals surface area contributed by atoms with Gasteiger partial charge in [-0.25, -0.2) is 4.79 Å². The average molecular weight is 820 g/mol. The largest absolute Gasteiger partial charge is 0.480 e. The molecule has 1 saturated heterocycles. The lowest BCUT2D eigenvalue weighted by Gasteiger charge is -2.36. The molecule has 0 unspecified atom stereocenters. The van der Waals surface area contributed by atoms with E-state index in [0.29, 0.717) is 38.9 Å². The predicted octanol–water partition coefficient (Wildman–Crippen LogP) is 3.32. The van der Waals surface area contributed by atoms with E-state index in [-0.39, 0.29) is 32.1 Å². The first kappa shape index (κ1) is 42.9. The Hall–Kier alpha value is -5.67. The molecule has 310 valence electrons. The fraction of sp³-hybridized carbons (Fsp3) is 0.356. The lowest BCUT2D eigenvalue weighted by atomic mass is 9.87. The smallest absolute Gasteiger partial charge is 0.329 e. The molecule has 4 amide bonds. The van der Waals surface area contributed by atoms with Gasteiger partial charge < -0.3 is 43.2 Å². The molecular weight excluding hydrogens is 767 g/mol. The number of piperidine rings is 1. The highest BCUT2D eigenvalue weighted by molar-refractivity contribution is 7.17. The predicted molar refractivity (Wildman–Crippen MR) is 231 cm³/mol. The number of nitrogens with one attached hydrogen (secondary N) is 5. The first-order chi connectivity index (χ1) is 28.6. The monoisotopic (exact) mass is 819 g/mol. The molecule has 59 heavy (non-hydrogen) atoms. The van der Waals surface area contributed by atoms with Crippen LogP contribution in [0.15, 0.2) is 102 Å². The average Bonchev–Trinajstić information content (AvgIpc) is 3.66. The Bertz CT molecular complexity index is 2240. The summed E-state index contributed by atoms with van der Waals surface area (Å²) in [7, 11) is 0. The van der Waals surface area contributed by atoms with Gasteiger partial charge in [0.05, 0.1) is 6.04 Å². The fourth-order valence-electron chi connectivity index (χ4n) is 7.61. The van der Waals surface area contributed by atoms with Gasteiger partial charge in [0.1, 0.15) is 23.7 Å². The van der Waals surface area contributed by atoms with Crippen LogP contribution in [0.25, 0.3) is 20.9 Å². The van der Waals surface area contributed by atoms with Crippen molar-refractivity contribution in [2.24, 2.45) is 11.5 Å². The number of hydrogen-bond acceptors (Lipinski definition) is 9. The normalized spacial score (nSPS) is 15.7. The standard InChI is InChI=1S/C45H53N7O6S/c46-22-9-8-18-35(47)40(53)49-36(25-29-11-2-1-3-12-29)41(54)50-37(26-31-15-10-14-30-13-4-5-16-33(30)31)42(55)51-38(27-32-28-59-39-19-7-6-17-34(32)39)43(56)52-45(44(57)58)20-23-48-24-21-45/h1-7,10-17,19,28,35-38,48H,8-9,18,20-27,46-47H2,(H,49,53)(H,50,54)(H,51,55)(H,52,56)(H,57,58)/t35-,36-,37+,38+/m0/s1. The second-order valence-corrected chi connectivity index (χ2v) is 16.1. The van der Waals surface area contributed by atoms with E-state index in [9.17, 15) is 29.1 Å². The molecule has 0 aliphatic carbocycles. The molecule has 0 radical (unpaired) electrons. The Kier molecular flexibility index (Phi) is 14.8. The number of fused-ring (bicyclic) bond motifs is 2. The van der Waals surface area contributed by atoms with Crippen LogP contribution < -0.4 is 38.1 Å². The van der Waals surface area contributed by atoms with Crippen LogP contribution in [0.2, 0.25) is 0 Å². The minimum Gasteiger partial charge on any atom is -0.480 e. The number of aliphatic carboxylic acids is 1. The van der Waals surface area contributed by atoms with Crippen molar-refractivity contribution in [1.29, 1.82) is 0 Å². The first-order valence-corrected chi connectivity index (χ1v) is 21.0. The molecule has 1 aliphatic rings. The number of carbonyl (C=O) groups excluding carboxylic acids is 4. The van der Waals surface area contributed by atoms with Crippen molar-refractivity contribution in [3.05, 3.63) is 119 Å². The molecule has 0 bridgehead atoms. The summed E-state index contributed by atoms with van der Waals surface area (Å²) < 4.78 is 1.00. The van der Waals surface area contributed by atoms with Gasteiger partial charge in [-0.3, -0.25) is 19.2 Å². The number of nitrogens with two attached hydrogens (primary N) is 2. The van der Waals surface area contributed by atoms with E-state index in [0.717, 1.165) is 37.5 Å².